The lowest BCUT2D eigenvalue weighted by atomic mass is 9.83. The van der Waals surface area contributed by atoms with Crippen molar-refractivity contribution in [3.63, 3.8) is 0 Å². The second-order valence-electron chi connectivity index (χ2n) is 3.94. The largest absolute Gasteiger partial charge is 0.281 e. The van der Waals surface area contributed by atoms with Crippen molar-refractivity contribution < 1.29 is 4.79 Å². The summed E-state index contributed by atoms with van der Waals surface area (Å²) in [6.45, 7) is 1.93. The van der Waals surface area contributed by atoms with E-state index in [0.29, 0.717) is 0 Å². The molecule has 2 heteroatoms. The molecule has 0 aromatic heterocycles. The molecule has 1 rings (SSSR count). The topological polar surface area (TPSA) is 17.1 Å². The Labute approximate surface area is 79.5 Å². The van der Waals surface area contributed by atoms with Crippen LogP contribution in [0.3, 0.4) is 0 Å². The van der Waals surface area contributed by atoms with Gasteiger partial charge in [-0.05, 0) is 23.9 Å². The highest BCUT2D eigenvalue weighted by Crippen LogP contribution is 2.29. The normalized spacial score (nSPS) is 22.2. The molecule has 0 aromatic rings. The third kappa shape index (κ3) is 3.14. The van der Waals surface area contributed by atoms with Crippen molar-refractivity contribution in [1.29, 1.82) is 0 Å². The fourth-order valence-electron chi connectivity index (χ4n) is 2.02. The van der Waals surface area contributed by atoms with Gasteiger partial charge in [-0.3, -0.25) is 4.79 Å². The number of halogens is 1. The van der Waals surface area contributed by atoms with E-state index in [4.69, 9.17) is 11.6 Å². The van der Waals surface area contributed by atoms with Crippen molar-refractivity contribution >= 4 is 16.8 Å². The lowest BCUT2D eigenvalue weighted by molar-refractivity contribution is -0.115. The van der Waals surface area contributed by atoms with Gasteiger partial charge in [0, 0.05) is 5.92 Å². The van der Waals surface area contributed by atoms with Gasteiger partial charge >= 0.3 is 0 Å². The van der Waals surface area contributed by atoms with Crippen LogP contribution >= 0.6 is 11.6 Å². The molecule has 1 aliphatic carbocycles. The van der Waals surface area contributed by atoms with Crippen molar-refractivity contribution in [1.82, 2.24) is 0 Å². The molecular formula is C10H17ClO. The number of carbonyl (C=O) groups is 1. The molecule has 0 amide bonds. The summed E-state index contributed by atoms with van der Waals surface area (Å²) in [6, 6.07) is 0. The highest BCUT2D eigenvalue weighted by Gasteiger charge is 2.19. The molecule has 0 heterocycles. The van der Waals surface area contributed by atoms with Gasteiger partial charge in [0.15, 0.2) is 0 Å². The van der Waals surface area contributed by atoms with Gasteiger partial charge in [-0.1, -0.05) is 39.0 Å². The Morgan fingerprint density at radius 1 is 1.42 bits per heavy atom. The summed E-state index contributed by atoms with van der Waals surface area (Å²) in [4.78, 5) is 10.8. The molecule has 70 valence electrons. The SMILES string of the molecule is CC(CC1CCCCC1)C(=O)Cl. The molecular weight excluding hydrogens is 172 g/mol. The molecule has 1 fully saturated rings. The van der Waals surface area contributed by atoms with Crippen LogP contribution in [0.2, 0.25) is 0 Å². The maximum atomic E-state index is 10.8. The molecule has 0 radical (unpaired) electrons. The van der Waals surface area contributed by atoms with Crippen LogP contribution < -0.4 is 0 Å². The van der Waals surface area contributed by atoms with E-state index in [1.165, 1.54) is 32.1 Å². The smallest absolute Gasteiger partial charge is 0.224 e. The van der Waals surface area contributed by atoms with Gasteiger partial charge in [-0.2, -0.15) is 0 Å². The van der Waals surface area contributed by atoms with Crippen LogP contribution in [0, 0.1) is 11.8 Å². The molecule has 0 saturated heterocycles. The Morgan fingerprint density at radius 2 is 2.00 bits per heavy atom. The molecule has 1 unspecified atom stereocenters. The van der Waals surface area contributed by atoms with Gasteiger partial charge in [0.2, 0.25) is 5.24 Å². The Balaban J connectivity index is 2.24. The fraction of sp³-hybridized carbons (Fsp3) is 0.900. The van der Waals surface area contributed by atoms with Crippen molar-refractivity contribution in [3.05, 3.63) is 0 Å². The number of rotatable bonds is 3. The van der Waals surface area contributed by atoms with Crippen molar-refractivity contribution in [2.45, 2.75) is 45.4 Å². The van der Waals surface area contributed by atoms with Crippen molar-refractivity contribution in [2.75, 3.05) is 0 Å². The monoisotopic (exact) mass is 188 g/mol. The molecule has 1 aliphatic rings. The Bertz CT molecular complexity index is 150. The molecule has 0 aliphatic heterocycles. The van der Waals surface area contributed by atoms with E-state index in [2.05, 4.69) is 0 Å². The summed E-state index contributed by atoms with van der Waals surface area (Å²) in [5.74, 6) is 0.825. The number of carbonyl (C=O) groups excluding carboxylic acids is 1. The van der Waals surface area contributed by atoms with Gasteiger partial charge in [0.25, 0.3) is 0 Å². The zero-order valence-electron chi connectivity index (χ0n) is 7.68. The molecule has 0 bridgehead atoms. The molecule has 12 heavy (non-hydrogen) atoms. The molecule has 1 saturated carbocycles. The third-order valence-corrected chi connectivity index (χ3v) is 3.17. The number of hydrogen-bond donors (Lipinski definition) is 0. The highest BCUT2D eigenvalue weighted by molar-refractivity contribution is 6.63. The van der Waals surface area contributed by atoms with Crippen LogP contribution in [-0.4, -0.2) is 5.24 Å². The average molecular weight is 189 g/mol. The molecule has 0 spiro atoms. The summed E-state index contributed by atoms with van der Waals surface area (Å²) in [6.07, 6.45) is 7.66. The molecule has 0 aromatic carbocycles. The maximum absolute atomic E-state index is 10.8. The fourth-order valence-corrected chi connectivity index (χ4v) is 2.10. The average Bonchev–Trinajstić information content (AvgIpc) is 2.06. The van der Waals surface area contributed by atoms with E-state index in [1.54, 1.807) is 0 Å². The van der Waals surface area contributed by atoms with E-state index in [-0.39, 0.29) is 11.2 Å². The lowest BCUT2D eigenvalue weighted by Gasteiger charge is -2.22. The van der Waals surface area contributed by atoms with E-state index in [1.807, 2.05) is 6.92 Å². The third-order valence-electron chi connectivity index (χ3n) is 2.80. The molecule has 1 nitrogen and oxygen atoms in total. The van der Waals surface area contributed by atoms with Crippen LogP contribution in [0.15, 0.2) is 0 Å². The van der Waals surface area contributed by atoms with Crippen LogP contribution in [-0.2, 0) is 4.79 Å². The predicted octanol–water partition coefficient (Wildman–Crippen LogP) is 3.36. The van der Waals surface area contributed by atoms with E-state index >= 15 is 0 Å². The lowest BCUT2D eigenvalue weighted by Crippen LogP contribution is -2.13. The summed E-state index contributed by atoms with van der Waals surface area (Å²) in [7, 11) is 0. The first-order valence-corrected chi connectivity index (χ1v) is 5.27. The van der Waals surface area contributed by atoms with Gasteiger partial charge < -0.3 is 0 Å². The van der Waals surface area contributed by atoms with Gasteiger partial charge in [-0.25, -0.2) is 0 Å². The van der Waals surface area contributed by atoms with Crippen LogP contribution in [0.5, 0.6) is 0 Å². The minimum atomic E-state index is -0.166. The predicted molar refractivity (Wildman–Crippen MR) is 51.2 cm³/mol. The van der Waals surface area contributed by atoms with Crippen LogP contribution in [0.25, 0.3) is 0 Å². The Morgan fingerprint density at radius 3 is 2.50 bits per heavy atom. The van der Waals surface area contributed by atoms with E-state index in [9.17, 15) is 4.79 Å². The highest BCUT2D eigenvalue weighted by atomic mass is 35.5. The second kappa shape index (κ2) is 4.86. The standard InChI is InChI=1S/C10H17ClO/c1-8(10(11)12)7-9-5-3-2-4-6-9/h8-9H,2-7H2,1H3. The number of hydrogen-bond acceptors (Lipinski definition) is 1. The maximum Gasteiger partial charge on any atom is 0.224 e. The zero-order valence-corrected chi connectivity index (χ0v) is 8.44. The van der Waals surface area contributed by atoms with Gasteiger partial charge in [0.05, 0.1) is 0 Å². The molecule has 1 atom stereocenters. The van der Waals surface area contributed by atoms with Crippen LogP contribution in [0.4, 0.5) is 0 Å². The van der Waals surface area contributed by atoms with Crippen molar-refractivity contribution in [3.8, 4) is 0 Å². The quantitative estimate of drug-likeness (QED) is 0.621. The van der Waals surface area contributed by atoms with E-state index in [0.717, 1.165) is 12.3 Å². The molecule has 0 N–H and O–H groups in total. The van der Waals surface area contributed by atoms with Gasteiger partial charge in [0.1, 0.15) is 0 Å². The Hall–Kier alpha value is -0.0400. The minimum Gasteiger partial charge on any atom is -0.281 e. The first kappa shape index (κ1) is 10.0. The minimum absolute atomic E-state index is 0.0646. The second-order valence-corrected chi connectivity index (χ2v) is 4.32. The summed E-state index contributed by atoms with van der Waals surface area (Å²) < 4.78 is 0. The van der Waals surface area contributed by atoms with Crippen LogP contribution in [0.1, 0.15) is 45.4 Å². The first-order chi connectivity index (χ1) is 5.70. The van der Waals surface area contributed by atoms with Crippen molar-refractivity contribution in [2.24, 2.45) is 11.8 Å². The summed E-state index contributed by atoms with van der Waals surface area (Å²) in [5, 5.41) is -0.166. The first-order valence-electron chi connectivity index (χ1n) is 4.89. The summed E-state index contributed by atoms with van der Waals surface area (Å²) in [5.41, 5.74) is 0. The van der Waals surface area contributed by atoms with E-state index < -0.39 is 0 Å². The Kier molecular flexibility index (Phi) is 4.07. The zero-order chi connectivity index (χ0) is 8.97. The summed E-state index contributed by atoms with van der Waals surface area (Å²) >= 11 is 5.41. The van der Waals surface area contributed by atoms with Gasteiger partial charge in [-0.15, -0.1) is 0 Å².